The Hall–Kier alpha value is -5.67. The smallest absolute Gasteiger partial charge is 0.322 e. The predicted octanol–water partition coefficient (Wildman–Crippen LogP) is -3.24. The lowest BCUT2D eigenvalue weighted by Gasteiger charge is -2.32. The van der Waals surface area contributed by atoms with E-state index in [0.29, 0.717) is 12.8 Å². The van der Waals surface area contributed by atoms with Gasteiger partial charge in [0.1, 0.15) is 36.8 Å². The van der Waals surface area contributed by atoms with Gasteiger partial charge in [0, 0.05) is 32.9 Å². The molecule has 56 heavy (non-hydrogen) atoms. The molecule has 0 aromatic carbocycles. The van der Waals surface area contributed by atoms with Crippen molar-refractivity contribution in [1.82, 2.24) is 36.8 Å². The van der Waals surface area contributed by atoms with Crippen molar-refractivity contribution in [1.29, 1.82) is 0 Å². The maximum Gasteiger partial charge on any atom is 0.322 e. The van der Waals surface area contributed by atoms with Crippen LogP contribution in [0.4, 0.5) is 0 Å². The van der Waals surface area contributed by atoms with Crippen LogP contribution < -0.4 is 31.9 Å². The molecule has 6 unspecified atom stereocenters. The van der Waals surface area contributed by atoms with E-state index in [1.165, 1.54) is 4.90 Å². The summed E-state index contributed by atoms with van der Waals surface area (Å²) in [6.07, 6.45) is -1.49. The number of carboxylic acid groups (broad SMARTS) is 3. The number of Topliss-reactive ketones (excluding diaryl/α,β-unsaturated/α-hetero) is 1. The molecule has 0 radical (unpaired) electrons. The number of aliphatic hydroxyl groups is 1. The maximum atomic E-state index is 13.9. The number of carboxylic acids is 3. The van der Waals surface area contributed by atoms with E-state index in [0.717, 1.165) is 6.92 Å². The Kier molecular flexibility index (Phi) is 20.7. The van der Waals surface area contributed by atoms with E-state index in [2.05, 4.69) is 26.6 Å². The summed E-state index contributed by atoms with van der Waals surface area (Å²) in [6.45, 7) is 4.56. The third-order valence-electron chi connectivity index (χ3n) is 8.57. The van der Waals surface area contributed by atoms with Crippen LogP contribution in [-0.2, 0) is 52.7 Å². The van der Waals surface area contributed by atoms with Gasteiger partial charge < -0.3 is 57.2 Å². The average Bonchev–Trinajstić information content (AvgIpc) is 3.61. The second-order valence-electron chi connectivity index (χ2n) is 13.5. The lowest BCUT2D eigenvalue weighted by Crippen LogP contribution is -2.60. The molecule has 7 amide bonds. The second kappa shape index (κ2) is 24.0. The van der Waals surface area contributed by atoms with Gasteiger partial charge in [-0.1, -0.05) is 27.2 Å². The van der Waals surface area contributed by atoms with Gasteiger partial charge in [-0.25, -0.2) is 0 Å². The number of hydrogen-bond acceptors (Lipinski definition) is 12. The number of likely N-dealkylation sites (tertiary alicyclic amines) is 1. The summed E-state index contributed by atoms with van der Waals surface area (Å²) < 4.78 is 0. The van der Waals surface area contributed by atoms with Gasteiger partial charge in [0.2, 0.25) is 41.2 Å². The first-order chi connectivity index (χ1) is 26.2. The van der Waals surface area contributed by atoms with E-state index in [1.54, 1.807) is 20.8 Å². The highest BCUT2D eigenvalue weighted by Gasteiger charge is 2.41. The van der Waals surface area contributed by atoms with Gasteiger partial charge in [0.15, 0.2) is 0 Å². The lowest BCUT2D eigenvalue weighted by atomic mass is 10.0. The third-order valence-corrected chi connectivity index (χ3v) is 8.57. The fraction of sp³-hybridized carbons (Fsp3) is 0.676. The molecule has 1 heterocycles. The lowest BCUT2D eigenvalue weighted by molar-refractivity contribution is -0.145. The Morgan fingerprint density at radius 1 is 0.679 bits per heavy atom. The summed E-state index contributed by atoms with van der Waals surface area (Å²) in [5, 5.41) is 50.6. The van der Waals surface area contributed by atoms with Crippen molar-refractivity contribution in [2.24, 2.45) is 5.92 Å². The van der Waals surface area contributed by atoms with Crippen molar-refractivity contribution in [3.8, 4) is 0 Å². The van der Waals surface area contributed by atoms with Crippen LogP contribution in [0.15, 0.2) is 0 Å². The van der Waals surface area contributed by atoms with Crippen LogP contribution in [0.5, 0.6) is 0 Å². The highest BCUT2D eigenvalue weighted by molar-refractivity contribution is 6.38. The molecule has 0 aliphatic carbocycles. The highest BCUT2D eigenvalue weighted by atomic mass is 16.4. The molecule has 1 aliphatic heterocycles. The van der Waals surface area contributed by atoms with Crippen molar-refractivity contribution in [2.75, 3.05) is 19.7 Å². The first kappa shape index (κ1) is 48.3. The number of rotatable bonds is 25. The molecule has 1 aliphatic rings. The molecular weight excluding hydrogens is 746 g/mol. The van der Waals surface area contributed by atoms with Crippen LogP contribution >= 0.6 is 0 Å². The van der Waals surface area contributed by atoms with E-state index in [9.17, 15) is 63.0 Å². The van der Waals surface area contributed by atoms with Crippen LogP contribution in [0, 0.1) is 5.92 Å². The molecule has 10 N–H and O–H groups in total. The van der Waals surface area contributed by atoms with Crippen molar-refractivity contribution in [2.45, 2.75) is 122 Å². The van der Waals surface area contributed by atoms with Crippen molar-refractivity contribution < 1.29 is 73.2 Å². The van der Waals surface area contributed by atoms with Gasteiger partial charge in [-0.15, -0.1) is 0 Å². The number of hydrogen-bond donors (Lipinski definition) is 10. The summed E-state index contributed by atoms with van der Waals surface area (Å²) in [6, 6.07) is -8.26. The quantitative estimate of drug-likeness (QED) is 0.0406. The van der Waals surface area contributed by atoms with Crippen LogP contribution in [0.1, 0.15) is 85.5 Å². The minimum Gasteiger partial charge on any atom is -0.481 e. The number of carbonyl (C=O) groups is 11. The number of aliphatic carboxylic acids is 3. The third kappa shape index (κ3) is 16.4. The summed E-state index contributed by atoms with van der Waals surface area (Å²) in [7, 11) is 0. The molecule has 1 rings (SSSR count). The van der Waals surface area contributed by atoms with E-state index < -0.39 is 146 Å². The Bertz CT molecular complexity index is 1490. The molecule has 6 atom stereocenters. The van der Waals surface area contributed by atoms with Crippen LogP contribution in [0.25, 0.3) is 0 Å². The molecule has 0 bridgehead atoms. The van der Waals surface area contributed by atoms with Crippen LogP contribution in [0.2, 0.25) is 0 Å². The molecule has 0 saturated carbocycles. The molecule has 0 spiro atoms. The fourth-order valence-corrected chi connectivity index (χ4v) is 5.74. The molecule has 22 nitrogen and oxygen atoms in total. The fourth-order valence-electron chi connectivity index (χ4n) is 5.74. The topological polar surface area (TPSA) is 344 Å². The predicted molar refractivity (Wildman–Crippen MR) is 191 cm³/mol. The number of carbonyl (C=O) groups excluding carboxylic acids is 8. The number of ketones is 1. The van der Waals surface area contributed by atoms with Crippen molar-refractivity contribution in [3.05, 3.63) is 0 Å². The Labute approximate surface area is 322 Å². The average molecular weight is 800 g/mol. The minimum absolute atomic E-state index is 0.0375. The monoisotopic (exact) mass is 799 g/mol. The molecule has 1 saturated heterocycles. The second-order valence-corrected chi connectivity index (χ2v) is 13.5. The van der Waals surface area contributed by atoms with Gasteiger partial charge in [-0.2, -0.15) is 0 Å². The van der Waals surface area contributed by atoms with E-state index in [-0.39, 0.29) is 25.8 Å². The van der Waals surface area contributed by atoms with Gasteiger partial charge in [0.25, 0.3) is 5.91 Å². The number of nitrogens with zero attached hydrogens (tertiary/aromatic N) is 1. The van der Waals surface area contributed by atoms with Crippen molar-refractivity contribution >= 4 is 65.0 Å². The molecule has 22 heteroatoms. The largest absolute Gasteiger partial charge is 0.481 e. The van der Waals surface area contributed by atoms with E-state index in [4.69, 9.17) is 10.2 Å². The maximum absolute atomic E-state index is 13.9. The SMILES string of the molecule is CCCC(NC(=O)C1CCCN1C(=O)C(NC(=O)C(CCO)NC(=O)C(CCC(=O)O)NC(=O)C(CCC(=O)O)NC(C)=O)C(C)C)C(=O)C(=O)NCC(=O)O. The summed E-state index contributed by atoms with van der Waals surface area (Å²) in [4.78, 5) is 138. The van der Waals surface area contributed by atoms with Gasteiger partial charge >= 0.3 is 17.9 Å². The summed E-state index contributed by atoms with van der Waals surface area (Å²) in [5.74, 6) is -12.1. The number of aliphatic hydroxyl groups excluding tert-OH is 1. The number of nitrogens with one attached hydrogen (secondary N) is 6. The molecule has 0 aromatic heterocycles. The van der Waals surface area contributed by atoms with Gasteiger partial charge in [-0.05, 0) is 44.4 Å². The Balaban J connectivity index is 3.21. The number of amides is 7. The van der Waals surface area contributed by atoms with Crippen molar-refractivity contribution in [3.63, 3.8) is 0 Å². The zero-order valence-corrected chi connectivity index (χ0v) is 31.8. The zero-order valence-electron chi connectivity index (χ0n) is 31.8. The molecule has 314 valence electrons. The standard InChI is InChI=1S/C34H53N7O15/c1-5-7-19(28(50)33(55)35-16-26(48)49)37-32(54)23-8-6-14-41(23)34(56)27(17(2)3)40-31(53)22(13-15-42)39-30(52)21(10-12-25(46)47)38-29(51)20(36-18(4)43)9-11-24(44)45/h17,19-23,27,42H,5-16H2,1-4H3,(H,35,55)(H,36,43)(H,37,54)(H,38,51)(H,39,52)(H,40,53)(H,44,45)(H,46,47)(H,48,49). The minimum atomic E-state index is -1.60. The molecular formula is C34H53N7O15. The highest BCUT2D eigenvalue weighted by Crippen LogP contribution is 2.21. The Morgan fingerprint density at radius 3 is 1.66 bits per heavy atom. The molecule has 1 fully saturated rings. The first-order valence-electron chi connectivity index (χ1n) is 18.1. The van der Waals surface area contributed by atoms with E-state index in [1.807, 2.05) is 5.32 Å². The summed E-state index contributed by atoms with van der Waals surface area (Å²) >= 11 is 0. The molecule has 0 aromatic rings. The first-order valence-corrected chi connectivity index (χ1v) is 18.1. The zero-order chi connectivity index (χ0) is 42.7. The van der Waals surface area contributed by atoms with Gasteiger partial charge in [0.05, 0.1) is 6.04 Å². The van der Waals surface area contributed by atoms with Gasteiger partial charge in [-0.3, -0.25) is 52.7 Å². The normalized spacial score (nSPS) is 16.2. The van der Waals surface area contributed by atoms with Crippen LogP contribution in [-0.4, -0.2) is 146 Å². The summed E-state index contributed by atoms with van der Waals surface area (Å²) in [5.41, 5.74) is 0. The Morgan fingerprint density at radius 2 is 1.20 bits per heavy atom. The van der Waals surface area contributed by atoms with E-state index >= 15 is 0 Å². The van der Waals surface area contributed by atoms with Crippen LogP contribution in [0.3, 0.4) is 0 Å².